The zero-order valence-corrected chi connectivity index (χ0v) is 13.3. The van der Waals surface area contributed by atoms with Gasteiger partial charge in [-0.2, -0.15) is 0 Å². The molecule has 1 unspecified atom stereocenters. The van der Waals surface area contributed by atoms with Gasteiger partial charge >= 0.3 is 0 Å². The Bertz CT molecular complexity index is 265. The van der Waals surface area contributed by atoms with Crippen molar-refractivity contribution in [1.29, 1.82) is 0 Å². The predicted molar refractivity (Wildman–Crippen MR) is 83.8 cm³/mol. The van der Waals surface area contributed by atoms with Crippen LogP contribution in [0.4, 0.5) is 0 Å². The van der Waals surface area contributed by atoms with Crippen LogP contribution < -0.4 is 5.32 Å². The summed E-state index contributed by atoms with van der Waals surface area (Å²) in [6.07, 6.45) is 6.56. The summed E-state index contributed by atoms with van der Waals surface area (Å²) < 4.78 is 0. The minimum atomic E-state index is 0.746. The molecule has 1 rings (SSSR count). The molecule has 1 N–H and O–H groups in total. The molecule has 0 bridgehead atoms. The molecular weight excluding hydrogens is 236 g/mol. The van der Waals surface area contributed by atoms with E-state index in [-0.39, 0.29) is 0 Å². The number of nitrogens with zero attached hydrogens (tertiary/aromatic N) is 3. The maximum absolute atomic E-state index is 4.36. The molecule has 0 aromatic rings. The van der Waals surface area contributed by atoms with Gasteiger partial charge in [-0.15, -0.1) is 0 Å². The third-order valence-electron chi connectivity index (χ3n) is 4.04. The SMILES string of the molecule is CCCCN(C)C(=NC)NCCN1CCCCC1C. The first-order valence-electron chi connectivity index (χ1n) is 7.84. The van der Waals surface area contributed by atoms with E-state index < -0.39 is 0 Å². The lowest BCUT2D eigenvalue weighted by Crippen LogP contribution is -2.45. The van der Waals surface area contributed by atoms with Crippen LogP contribution in [0.25, 0.3) is 0 Å². The Morgan fingerprint density at radius 1 is 1.42 bits per heavy atom. The number of nitrogens with one attached hydrogen (secondary N) is 1. The zero-order chi connectivity index (χ0) is 14.1. The number of guanidine groups is 1. The molecular formula is C15H32N4. The van der Waals surface area contributed by atoms with E-state index in [9.17, 15) is 0 Å². The highest BCUT2D eigenvalue weighted by Crippen LogP contribution is 2.15. The summed E-state index contributed by atoms with van der Waals surface area (Å²) in [5, 5.41) is 3.48. The first-order chi connectivity index (χ1) is 9.19. The molecule has 0 spiro atoms. The van der Waals surface area contributed by atoms with Gasteiger partial charge in [-0.1, -0.05) is 19.8 Å². The minimum absolute atomic E-state index is 0.746. The minimum Gasteiger partial charge on any atom is -0.355 e. The van der Waals surface area contributed by atoms with E-state index in [2.05, 4.69) is 41.0 Å². The van der Waals surface area contributed by atoms with E-state index in [1.165, 1.54) is 38.6 Å². The second-order valence-corrected chi connectivity index (χ2v) is 5.63. The van der Waals surface area contributed by atoms with Crippen LogP contribution in [-0.2, 0) is 0 Å². The number of likely N-dealkylation sites (tertiary alicyclic amines) is 1. The molecule has 1 aliphatic heterocycles. The third kappa shape index (κ3) is 5.81. The quantitative estimate of drug-likeness (QED) is 0.591. The lowest BCUT2D eigenvalue weighted by atomic mass is 10.0. The Morgan fingerprint density at radius 2 is 2.21 bits per heavy atom. The first-order valence-corrected chi connectivity index (χ1v) is 7.84. The molecule has 19 heavy (non-hydrogen) atoms. The Hall–Kier alpha value is -0.770. The zero-order valence-electron chi connectivity index (χ0n) is 13.3. The largest absolute Gasteiger partial charge is 0.355 e. The van der Waals surface area contributed by atoms with E-state index >= 15 is 0 Å². The van der Waals surface area contributed by atoms with Gasteiger partial charge in [0.25, 0.3) is 0 Å². The van der Waals surface area contributed by atoms with Crippen molar-refractivity contribution in [3.63, 3.8) is 0 Å². The molecule has 0 radical (unpaired) electrons. The maximum Gasteiger partial charge on any atom is 0.193 e. The van der Waals surface area contributed by atoms with E-state index in [0.717, 1.165) is 31.6 Å². The summed E-state index contributed by atoms with van der Waals surface area (Å²) in [5.41, 5.74) is 0. The van der Waals surface area contributed by atoms with Crippen molar-refractivity contribution in [1.82, 2.24) is 15.1 Å². The van der Waals surface area contributed by atoms with Gasteiger partial charge in [-0.05, 0) is 32.7 Å². The average Bonchev–Trinajstić information content (AvgIpc) is 2.43. The molecule has 4 nitrogen and oxygen atoms in total. The van der Waals surface area contributed by atoms with Gasteiger partial charge in [-0.25, -0.2) is 0 Å². The van der Waals surface area contributed by atoms with Crippen molar-refractivity contribution in [2.24, 2.45) is 4.99 Å². The molecule has 1 heterocycles. The monoisotopic (exact) mass is 268 g/mol. The van der Waals surface area contributed by atoms with Gasteiger partial charge in [0.2, 0.25) is 0 Å². The number of unbranched alkanes of at least 4 members (excludes halogenated alkanes) is 1. The Kier molecular flexibility index (Phi) is 7.87. The van der Waals surface area contributed by atoms with E-state index in [4.69, 9.17) is 0 Å². The van der Waals surface area contributed by atoms with E-state index in [1.807, 2.05) is 7.05 Å². The third-order valence-corrected chi connectivity index (χ3v) is 4.04. The lowest BCUT2D eigenvalue weighted by Gasteiger charge is -2.33. The molecule has 0 aliphatic carbocycles. The predicted octanol–water partition coefficient (Wildman–Crippen LogP) is 2.17. The van der Waals surface area contributed by atoms with E-state index in [1.54, 1.807) is 0 Å². The average molecular weight is 268 g/mol. The fraction of sp³-hybridized carbons (Fsp3) is 0.933. The van der Waals surface area contributed by atoms with Crippen LogP contribution >= 0.6 is 0 Å². The highest BCUT2D eigenvalue weighted by atomic mass is 15.3. The fourth-order valence-electron chi connectivity index (χ4n) is 2.69. The topological polar surface area (TPSA) is 30.9 Å². The molecule has 1 atom stereocenters. The molecule has 4 heteroatoms. The summed E-state index contributed by atoms with van der Waals surface area (Å²) >= 11 is 0. The van der Waals surface area contributed by atoms with Crippen LogP contribution in [0.5, 0.6) is 0 Å². The highest BCUT2D eigenvalue weighted by molar-refractivity contribution is 5.79. The van der Waals surface area contributed by atoms with Crippen LogP contribution in [0, 0.1) is 0 Å². The summed E-state index contributed by atoms with van der Waals surface area (Å²) in [6, 6.07) is 0.746. The molecule has 1 saturated heterocycles. The molecule has 0 aromatic carbocycles. The number of hydrogen-bond acceptors (Lipinski definition) is 2. The van der Waals surface area contributed by atoms with Crippen molar-refractivity contribution in [3.8, 4) is 0 Å². The Labute approximate surface area is 119 Å². The molecule has 0 amide bonds. The number of hydrogen-bond donors (Lipinski definition) is 1. The Morgan fingerprint density at radius 3 is 2.84 bits per heavy atom. The van der Waals surface area contributed by atoms with Crippen LogP contribution in [0.15, 0.2) is 4.99 Å². The van der Waals surface area contributed by atoms with Gasteiger partial charge in [0.05, 0.1) is 0 Å². The van der Waals surface area contributed by atoms with Gasteiger partial charge in [-0.3, -0.25) is 9.89 Å². The highest BCUT2D eigenvalue weighted by Gasteiger charge is 2.17. The van der Waals surface area contributed by atoms with Gasteiger partial charge < -0.3 is 10.2 Å². The van der Waals surface area contributed by atoms with Crippen molar-refractivity contribution in [3.05, 3.63) is 0 Å². The Balaban J connectivity index is 2.25. The van der Waals surface area contributed by atoms with Crippen LogP contribution in [0.3, 0.4) is 0 Å². The molecule has 0 saturated carbocycles. The number of rotatable bonds is 6. The summed E-state index contributed by atoms with van der Waals surface area (Å²) in [5.74, 6) is 1.03. The van der Waals surface area contributed by atoms with Crippen molar-refractivity contribution >= 4 is 5.96 Å². The maximum atomic E-state index is 4.36. The van der Waals surface area contributed by atoms with Crippen LogP contribution in [0.1, 0.15) is 46.0 Å². The van der Waals surface area contributed by atoms with Gasteiger partial charge in [0.15, 0.2) is 5.96 Å². The number of aliphatic imine (C=N–C) groups is 1. The first kappa shape index (κ1) is 16.3. The number of piperidine rings is 1. The van der Waals surface area contributed by atoms with Crippen molar-refractivity contribution < 1.29 is 0 Å². The van der Waals surface area contributed by atoms with Crippen LogP contribution in [-0.4, -0.2) is 62.1 Å². The summed E-state index contributed by atoms with van der Waals surface area (Å²) in [7, 11) is 3.99. The summed E-state index contributed by atoms with van der Waals surface area (Å²) in [6.45, 7) is 9.03. The second-order valence-electron chi connectivity index (χ2n) is 5.63. The van der Waals surface area contributed by atoms with Gasteiger partial charge in [0.1, 0.15) is 0 Å². The second kappa shape index (κ2) is 9.18. The molecule has 1 aliphatic rings. The van der Waals surface area contributed by atoms with Crippen LogP contribution in [0.2, 0.25) is 0 Å². The standard InChI is InChI=1S/C15H32N4/c1-5-6-11-18(4)15(16-3)17-10-13-19-12-8-7-9-14(19)2/h14H,5-13H2,1-4H3,(H,16,17). The fourth-order valence-corrected chi connectivity index (χ4v) is 2.69. The van der Waals surface area contributed by atoms with Crippen molar-refractivity contribution in [2.75, 3.05) is 40.3 Å². The van der Waals surface area contributed by atoms with Crippen molar-refractivity contribution in [2.45, 2.75) is 52.0 Å². The molecule has 1 fully saturated rings. The molecule has 0 aromatic heterocycles. The van der Waals surface area contributed by atoms with E-state index in [0.29, 0.717) is 0 Å². The normalized spacial score (nSPS) is 21.5. The molecule has 112 valence electrons. The smallest absolute Gasteiger partial charge is 0.193 e. The lowest BCUT2D eigenvalue weighted by molar-refractivity contribution is 0.163. The summed E-state index contributed by atoms with van der Waals surface area (Å²) in [4.78, 5) is 9.17. The van der Waals surface area contributed by atoms with Gasteiger partial charge in [0, 0.05) is 39.8 Å².